The predicted molar refractivity (Wildman–Crippen MR) is 53.7 cm³/mol. The zero-order valence-corrected chi connectivity index (χ0v) is 8.48. The van der Waals surface area contributed by atoms with Crippen LogP contribution in [-0.2, 0) is 13.6 Å². The molecule has 0 bridgehead atoms. The summed E-state index contributed by atoms with van der Waals surface area (Å²) in [4.78, 5) is 0. The van der Waals surface area contributed by atoms with Crippen molar-refractivity contribution in [2.45, 2.75) is 38.0 Å². The molecule has 1 fully saturated rings. The fourth-order valence-electron chi connectivity index (χ4n) is 1.99. The van der Waals surface area contributed by atoms with E-state index in [1.807, 2.05) is 19.4 Å². The van der Waals surface area contributed by atoms with Gasteiger partial charge in [0.1, 0.15) is 0 Å². The maximum atomic E-state index is 9.59. The van der Waals surface area contributed by atoms with Crippen molar-refractivity contribution in [3.8, 4) is 0 Å². The molecule has 78 valence electrons. The smallest absolute Gasteiger partial charge is 0.0693 e. The van der Waals surface area contributed by atoms with Crippen LogP contribution in [0.5, 0.6) is 0 Å². The summed E-state index contributed by atoms with van der Waals surface area (Å²) in [7, 11) is 1.91. The zero-order chi connectivity index (χ0) is 9.97. The summed E-state index contributed by atoms with van der Waals surface area (Å²) < 4.78 is 1.79. The first-order valence-corrected chi connectivity index (χ1v) is 5.14. The van der Waals surface area contributed by atoms with E-state index in [0.717, 1.165) is 25.8 Å². The highest BCUT2D eigenvalue weighted by Gasteiger charge is 2.24. The first-order chi connectivity index (χ1) is 6.75. The fourth-order valence-corrected chi connectivity index (χ4v) is 1.99. The van der Waals surface area contributed by atoms with Gasteiger partial charge in [-0.15, -0.1) is 0 Å². The molecule has 1 aliphatic carbocycles. The summed E-state index contributed by atoms with van der Waals surface area (Å²) in [5.41, 5.74) is 1.17. The standard InChI is InChI=1S/C10H17N3O/c1-13-7-8(6-12-13)5-11-9-3-2-4-10(9)14/h6-7,9-11,14H,2-5H2,1H3/t9-,10-/m1/s1. The summed E-state index contributed by atoms with van der Waals surface area (Å²) in [5.74, 6) is 0. The van der Waals surface area contributed by atoms with Crippen LogP contribution in [0.1, 0.15) is 24.8 Å². The van der Waals surface area contributed by atoms with Crippen LogP contribution in [0.4, 0.5) is 0 Å². The van der Waals surface area contributed by atoms with Crippen LogP contribution >= 0.6 is 0 Å². The van der Waals surface area contributed by atoms with Crippen molar-refractivity contribution in [3.63, 3.8) is 0 Å². The Balaban J connectivity index is 1.82. The van der Waals surface area contributed by atoms with Gasteiger partial charge in [0.25, 0.3) is 0 Å². The van der Waals surface area contributed by atoms with Crippen molar-refractivity contribution >= 4 is 0 Å². The highest BCUT2D eigenvalue weighted by atomic mass is 16.3. The number of aryl methyl sites for hydroxylation is 1. The van der Waals surface area contributed by atoms with E-state index < -0.39 is 0 Å². The fraction of sp³-hybridized carbons (Fsp3) is 0.700. The molecular formula is C10H17N3O. The maximum absolute atomic E-state index is 9.59. The number of hydrogen-bond donors (Lipinski definition) is 2. The summed E-state index contributed by atoms with van der Waals surface area (Å²) >= 11 is 0. The molecule has 0 aromatic carbocycles. The Labute approximate surface area is 83.9 Å². The molecule has 0 saturated heterocycles. The van der Waals surface area contributed by atoms with Gasteiger partial charge in [0.15, 0.2) is 0 Å². The van der Waals surface area contributed by atoms with Gasteiger partial charge in [-0.3, -0.25) is 4.68 Å². The van der Waals surface area contributed by atoms with Crippen LogP contribution in [0.15, 0.2) is 12.4 Å². The van der Waals surface area contributed by atoms with Gasteiger partial charge in [0, 0.05) is 31.4 Å². The normalized spacial score (nSPS) is 27.0. The summed E-state index contributed by atoms with van der Waals surface area (Å²) in [5, 5.41) is 17.0. The molecule has 0 spiro atoms. The van der Waals surface area contributed by atoms with Crippen LogP contribution < -0.4 is 5.32 Å². The number of aromatic nitrogens is 2. The van der Waals surface area contributed by atoms with E-state index in [2.05, 4.69) is 10.4 Å². The van der Waals surface area contributed by atoms with E-state index in [0.29, 0.717) is 0 Å². The quantitative estimate of drug-likeness (QED) is 0.735. The number of rotatable bonds is 3. The molecule has 1 aromatic heterocycles. The molecule has 4 heteroatoms. The Morgan fingerprint density at radius 3 is 3.07 bits per heavy atom. The molecule has 1 heterocycles. The minimum atomic E-state index is -0.160. The van der Waals surface area contributed by atoms with Gasteiger partial charge in [-0.1, -0.05) is 0 Å². The van der Waals surface area contributed by atoms with Crippen molar-refractivity contribution in [3.05, 3.63) is 18.0 Å². The molecule has 0 radical (unpaired) electrons. The summed E-state index contributed by atoms with van der Waals surface area (Å²) in [6.45, 7) is 0.801. The van der Waals surface area contributed by atoms with Crippen molar-refractivity contribution in [2.24, 2.45) is 7.05 Å². The third-order valence-electron chi connectivity index (χ3n) is 2.81. The molecule has 1 aromatic rings. The minimum absolute atomic E-state index is 0.160. The van der Waals surface area contributed by atoms with E-state index in [1.165, 1.54) is 5.56 Å². The highest BCUT2D eigenvalue weighted by molar-refractivity contribution is 5.03. The van der Waals surface area contributed by atoms with E-state index in [1.54, 1.807) is 4.68 Å². The number of aliphatic hydroxyl groups excluding tert-OH is 1. The van der Waals surface area contributed by atoms with Crippen molar-refractivity contribution in [1.82, 2.24) is 15.1 Å². The van der Waals surface area contributed by atoms with Crippen LogP contribution in [0.25, 0.3) is 0 Å². The van der Waals surface area contributed by atoms with E-state index in [9.17, 15) is 5.11 Å². The van der Waals surface area contributed by atoms with E-state index in [-0.39, 0.29) is 12.1 Å². The van der Waals surface area contributed by atoms with Crippen LogP contribution in [0, 0.1) is 0 Å². The van der Waals surface area contributed by atoms with Crippen molar-refractivity contribution < 1.29 is 5.11 Å². The van der Waals surface area contributed by atoms with Gasteiger partial charge in [-0.2, -0.15) is 5.10 Å². The molecule has 0 unspecified atom stereocenters. The molecular weight excluding hydrogens is 178 g/mol. The number of nitrogens with one attached hydrogen (secondary N) is 1. The van der Waals surface area contributed by atoms with Crippen LogP contribution in [-0.4, -0.2) is 27.0 Å². The highest BCUT2D eigenvalue weighted by Crippen LogP contribution is 2.18. The third-order valence-corrected chi connectivity index (χ3v) is 2.81. The molecule has 14 heavy (non-hydrogen) atoms. The molecule has 2 rings (SSSR count). The van der Waals surface area contributed by atoms with Crippen LogP contribution in [0.2, 0.25) is 0 Å². The second-order valence-electron chi connectivity index (χ2n) is 4.01. The maximum Gasteiger partial charge on any atom is 0.0693 e. The number of nitrogens with zero attached hydrogens (tertiary/aromatic N) is 2. The lowest BCUT2D eigenvalue weighted by Crippen LogP contribution is -2.34. The topological polar surface area (TPSA) is 50.1 Å². The van der Waals surface area contributed by atoms with E-state index >= 15 is 0 Å². The Kier molecular flexibility index (Phi) is 2.84. The lowest BCUT2D eigenvalue weighted by atomic mass is 10.2. The van der Waals surface area contributed by atoms with Crippen LogP contribution in [0.3, 0.4) is 0 Å². The van der Waals surface area contributed by atoms with Crippen molar-refractivity contribution in [1.29, 1.82) is 0 Å². The molecule has 0 amide bonds. The Bertz CT molecular complexity index is 297. The second kappa shape index (κ2) is 4.11. The Morgan fingerprint density at radius 2 is 2.50 bits per heavy atom. The van der Waals surface area contributed by atoms with Gasteiger partial charge in [0.2, 0.25) is 0 Å². The van der Waals surface area contributed by atoms with E-state index in [4.69, 9.17) is 0 Å². The predicted octanol–water partition coefficient (Wildman–Crippen LogP) is 0.423. The average molecular weight is 195 g/mol. The Morgan fingerprint density at radius 1 is 1.64 bits per heavy atom. The summed E-state index contributed by atoms with van der Waals surface area (Å²) in [6.07, 6.45) is 6.84. The molecule has 0 aliphatic heterocycles. The first-order valence-electron chi connectivity index (χ1n) is 5.14. The SMILES string of the molecule is Cn1cc(CN[C@@H]2CCC[C@H]2O)cn1. The monoisotopic (exact) mass is 195 g/mol. The minimum Gasteiger partial charge on any atom is -0.392 e. The lowest BCUT2D eigenvalue weighted by Gasteiger charge is -2.15. The first kappa shape index (κ1) is 9.68. The molecule has 2 N–H and O–H groups in total. The van der Waals surface area contributed by atoms with Gasteiger partial charge in [0.05, 0.1) is 12.3 Å². The zero-order valence-electron chi connectivity index (χ0n) is 8.48. The van der Waals surface area contributed by atoms with Gasteiger partial charge in [-0.05, 0) is 19.3 Å². The van der Waals surface area contributed by atoms with Gasteiger partial charge in [-0.25, -0.2) is 0 Å². The summed E-state index contributed by atoms with van der Waals surface area (Å²) in [6, 6.07) is 0.273. The number of aliphatic hydroxyl groups is 1. The average Bonchev–Trinajstić information content (AvgIpc) is 2.72. The van der Waals surface area contributed by atoms with Gasteiger partial charge >= 0.3 is 0 Å². The third kappa shape index (κ3) is 2.13. The van der Waals surface area contributed by atoms with Gasteiger partial charge < -0.3 is 10.4 Å². The lowest BCUT2D eigenvalue weighted by molar-refractivity contribution is 0.148. The largest absolute Gasteiger partial charge is 0.392 e. The Hall–Kier alpha value is -0.870. The molecule has 1 aliphatic rings. The molecule has 4 nitrogen and oxygen atoms in total. The molecule has 1 saturated carbocycles. The number of hydrogen-bond acceptors (Lipinski definition) is 3. The molecule has 2 atom stereocenters. The van der Waals surface area contributed by atoms with Crippen molar-refractivity contribution in [2.75, 3.05) is 0 Å². The second-order valence-corrected chi connectivity index (χ2v) is 4.01.